The lowest BCUT2D eigenvalue weighted by Gasteiger charge is -2.40. The van der Waals surface area contributed by atoms with E-state index in [-0.39, 0.29) is 0 Å². The normalized spacial score (nSPS) is 24.1. The molecular formula is C15H22N4. The van der Waals surface area contributed by atoms with Crippen LogP contribution in [0.25, 0.3) is 11.0 Å². The van der Waals surface area contributed by atoms with Crippen molar-refractivity contribution in [2.24, 2.45) is 12.8 Å². The van der Waals surface area contributed by atoms with Crippen LogP contribution < -0.4 is 10.6 Å². The Balaban J connectivity index is 2.08. The number of hydrogen-bond acceptors (Lipinski definition) is 3. The lowest BCUT2D eigenvalue weighted by atomic mass is 9.97. The zero-order valence-corrected chi connectivity index (χ0v) is 11.7. The van der Waals surface area contributed by atoms with Gasteiger partial charge >= 0.3 is 0 Å². The summed E-state index contributed by atoms with van der Waals surface area (Å²) in [4.78, 5) is 7.24. The van der Waals surface area contributed by atoms with Gasteiger partial charge in [-0.1, -0.05) is 12.1 Å². The number of imidazole rings is 1. The fourth-order valence-electron chi connectivity index (χ4n) is 3.24. The van der Waals surface area contributed by atoms with Crippen LogP contribution in [0.4, 0.5) is 5.95 Å². The first-order chi connectivity index (χ1) is 9.22. The molecule has 0 bridgehead atoms. The van der Waals surface area contributed by atoms with Gasteiger partial charge in [-0.2, -0.15) is 0 Å². The van der Waals surface area contributed by atoms with Gasteiger partial charge in [0.2, 0.25) is 5.95 Å². The Labute approximate surface area is 114 Å². The second-order valence-electron chi connectivity index (χ2n) is 5.54. The average molecular weight is 258 g/mol. The summed E-state index contributed by atoms with van der Waals surface area (Å²) in [5.74, 6) is 1.06. The highest BCUT2D eigenvalue weighted by molar-refractivity contribution is 5.78. The number of anilines is 1. The molecular weight excluding hydrogens is 236 g/mol. The molecule has 2 N–H and O–H groups in total. The second kappa shape index (κ2) is 4.85. The molecule has 19 heavy (non-hydrogen) atoms. The fraction of sp³-hybridized carbons (Fsp3) is 0.533. The van der Waals surface area contributed by atoms with Crippen LogP contribution in [0, 0.1) is 0 Å². The van der Waals surface area contributed by atoms with Crippen molar-refractivity contribution in [3.63, 3.8) is 0 Å². The lowest BCUT2D eigenvalue weighted by molar-refractivity contribution is 0.392. The van der Waals surface area contributed by atoms with Gasteiger partial charge in [0.1, 0.15) is 0 Å². The first-order valence-electron chi connectivity index (χ1n) is 7.12. The van der Waals surface area contributed by atoms with Crippen molar-refractivity contribution in [2.45, 2.75) is 38.3 Å². The third-order valence-electron chi connectivity index (χ3n) is 4.29. The molecule has 0 aliphatic carbocycles. The van der Waals surface area contributed by atoms with E-state index in [1.807, 2.05) is 6.07 Å². The predicted molar refractivity (Wildman–Crippen MR) is 79.3 cm³/mol. The number of para-hydroxylation sites is 2. The molecule has 1 aromatic carbocycles. The zero-order chi connectivity index (χ0) is 13.4. The van der Waals surface area contributed by atoms with Crippen LogP contribution in [0.5, 0.6) is 0 Å². The molecule has 2 aromatic rings. The number of hydrogen-bond donors (Lipinski definition) is 1. The number of piperidine rings is 1. The molecule has 102 valence electrons. The van der Waals surface area contributed by atoms with Gasteiger partial charge in [0.25, 0.3) is 0 Å². The standard InChI is InChI=1S/C15H22N4/c1-11-6-5-7-12(10-16)19(11)15-17-13-8-3-4-9-14(13)18(15)2/h3-4,8-9,11-12H,5-7,10,16H2,1-2H3. The first kappa shape index (κ1) is 12.5. The minimum absolute atomic E-state index is 0.416. The molecule has 4 nitrogen and oxygen atoms in total. The van der Waals surface area contributed by atoms with E-state index in [2.05, 4.69) is 41.6 Å². The molecule has 0 amide bonds. The van der Waals surface area contributed by atoms with E-state index in [0.717, 1.165) is 11.5 Å². The van der Waals surface area contributed by atoms with Gasteiger partial charge in [0.15, 0.2) is 0 Å². The molecule has 0 spiro atoms. The zero-order valence-electron chi connectivity index (χ0n) is 11.7. The summed E-state index contributed by atoms with van der Waals surface area (Å²) in [5, 5.41) is 0. The quantitative estimate of drug-likeness (QED) is 0.899. The molecule has 1 aromatic heterocycles. The second-order valence-corrected chi connectivity index (χ2v) is 5.54. The molecule has 1 aliphatic heterocycles. The Kier molecular flexibility index (Phi) is 3.19. The summed E-state index contributed by atoms with van der Waals surface area (Å²) in [6.45, 7) is 2.98. The number of rotatable bonds is 2. The minimum atomic E-state index is 0.416. The summed E-state index contributed by atoms with van der Waals surface area (Å²) in [6, 6.07) is 9.23. The molecule has 2 unspecified atom stereocenters. The number of benzene rings is 1. The van der Waals surface area contributed by atoms with E-state index in [1.54, 1.807) is 0 Å². The van der Waals surface area contributed by atoms with Crippen molar-refractivity contribution in [2.75, 3.05) is 11.4 Å². The molecule has 0 saturated carbocycles. The fourth-order valence-corrected chi connectivity index (χ4v) is 3.24. The van der Waals surface area contributed by atoms with Gasteiger partial charge in [-0.3, -0.25) is 0 Å². The maximum absolute atomic E-state index is 5.96. The van der Waals surface area contributed by atoms with Gasteiger partial charge in [-0.15, -0.1) is 0 Å². The van der Waals surface area contributed by atoms with Gasteiger partial charge in [0, 0.05) is 25.7 Å². The van der Waals surface area contributed by atoms with E-state index in [4.69, 9.17) is 10.7 Å². The smallest absolute Gasteiger partial charge is 0.206 e. The van der Waals surface area contributed by atoms with Gasteiger partial charge in [-0.05, 0) is 38.3 Å². The first-order valence-corrected chi connectivity index (χ1v) is 7.12. The Morgan fingerprint density at radius 2 is 2.11 bits per heavy atom. The number of aromatic nitrogens is 2. The number of fused-ring (bicyclic) bond motifs is 1. The summed E-state index contributed by atoms with van der Waals surface area (Å²) < 4.78 is 2.19. The van der Waals surface area contributed by atoms with Crippen molar-refractivity contribution >= 4 is 17.0 Å². The summed E-state index contributed by atoms with van der Waals surface area (Å²) in [7, 11) is 2.10. The summed E-state index contributed by atoms with van der Waals surface area (Å²) >= 11 is 0. The van der Waals surface area contributed by atoms with Crippen molar-refractivity contribution in [1.82, 2.24) is 9.55 Å². The molecule has 2 heterocycles. The maximum atomic E-state index is 5.96. The molecule has 4 heteroatoms. The highest BCUT2D eigenvalue weighted by Gasteiger charge is 2.30. The minimum Gasteiger partial charge on any atom is -0.335 e. The van der Waals surface area contributed by atoms with Crippen LogP contribution in [-0.4, -0.2) is 28.2 Å². The van der Waals surface area contributed by atoms with Crippen LogP contribution in [-0.2, 0) is 7.05 Å². The maximum Gasteiger partial charge on any atom is 0.206 e. The number of nitrogens with zero attached hydrogens (tertiary/aromatic N) is 3. The van der Waals surface area contributed by atoms with E-state index in [1.165, 1.54) is 24.8 Å². The van der Waals surface area contributed by atoms with E-state index in [0.29, 0.717) is 18.6 Å². The van der Waals surface area contributed by atoms with Crippen molar-refractivity contribution in [3.05, 3.63) is 24.3 Å². The highest BCUT2D eigenvalue weighted by Crippen LogP contribution is 2.30. The summed E-state index contributed by atoms with van der Waals surface area (Å²) in [5.41, 5.74) is 8.21. The Bertz CT molecular complexity index is 575. The molecule has 3 rings (SSSR count). The van der Waals surface area contributed by atoms with E-state index >= 15 is 0 Å². The monoisotopic (exact) mass is 258 g/mol. The topological polar surface area (TPSA) is 47.1 Å². The molecule has 0 radical (unpaired) electrons. The summed E-state index contributed by atoms with van der Waals surface area (Å²) in [6.07, 6.45) is 3.66. The largest absolute Gasteiger partial charge is 0.335 e. The molecule has 2 atom stereocenters. The predicted octanol–water partition coefficient (Wildman–Crippen LogP) is 2.28. The Morgan fingerprint density at radius 3 is 2.84 bits per heavy atom. The van der Waals surface area contributed by atoms with Crippen molar-refractivity contribution in [3.8, 4) is 0 Å². The third-order valence-corrected chi connectivity index (χ3v) is 4.29. The lowest BCUT2D eigenvalue weighted by Crippen LogP contribution is -2.50. The van der Waals surface area contributed by atoms with E-state index in [9.17, 15) is 0 Å². The van der Waals surface area contributed by atoms with Crippen LogP contribution in [0.2, 0.25) is 0 Å². The molecule has 1 aliphatic rings. The van der Waals surface area contributed by atoms with Crippen molar-refractivity contribution < 1.29 is 0 Å². The number of aryl methyl sites for hydroxylation is 1. The third kappa shape index (κ3) is 2.00. The van der Waals surface area contributed by atoms with Crippen LogP contribution >= 0.6 is 0 Å². The SMILES string of the molecule is CC1CCCC(CN)N1c1nc2ccccc2n1C. The molecule has 1 saturated heterocycles. The van der Waals surface area contributed by atoms with Gasteiger partial charge < -0.3 is 15.2 Å². The molecule has 1 fully saturated rings. The van der Waals surface area contributed by atoms with Crippen molar-refractivity contribution in [1.29, 1.82) is 0 Å². The van der Waals surface area contributed by atoms with E-state index < -0.39 is 0 Å². The Morgan fingerprint density at radius 1 is 1.32 bits per heavy atom. The van der Waals surface area contributed by atoms with Gasteiger partial charge in [-0.25, -0.2) is 4.98 Å². The highest BCUT2D eigenvalue weighted by atomic mass is 15.3. The van der Waals surface area contributed by atoms with Crippen LogP contribution in [0.15, 0.2) is 24.3 Å². The van der Waals surface area contributed by atoms with Gasteiger partial charge in [0.05, 0.1) is 11.0 Å². The van der Waals surface area contributed by atoms with Crippen LogP contribution in [0.3, 0.4) is 0 Å². The number of nitrogens with two attached hydrogens (primary N) is 1. The Hall–Kier alpha value is -1.55. The van der Waals surface area contributed by atoms with Crippen LogP contribution in [0.1, 0.15) is 26.2 Å². The average Bonchev–Trinajstić information content (AvgIpc) is 2.76.